The Morgan fingerprint density at radius 2 is 1.90 bits per heavy atom. The van der Waals surface area contributed by atoms with Crippen molar-refractivity contribution in [1.29, 1.82) is 0 Å². The van der Waals surface area contributed by atoms with E-state index in [1.807, 2.05) is 0 Å². The van der Waals surface area contributed by atoms with Gasteiger partial charge in [-0.3, -0.25) is 4.57 Å². The number of nitrogens with two attached hydrogens (primary N) is 1. The number of nitrogens with zero attached hydrogens (tertiary/aromatic N) is 4. The maximum atomic E-state index is 10.6. The van der Waals surface area contributed by atoms with E-state index in [0.29, 0.717) is 23.7 Å². The monoisotopic (exact) mass is 418 g/mol. The zero-order valence-corrected chi connectivity index (χ0v) is 17.4. The molecule has 1 aliphatic heterocycles. The van der Waals surface area contributed by atoms with Crippen LogP contribution in [0.4, 0.5) is 11.8 Å². The van der Waals surface area contributed by atoms with Gasteiger partial charge in [-0.25, -0.2) is 15.0 Å². The number of aliphatic hydroxyl groups excluding tert-OH is 3. The quantitative estimate of drug-likeness (QED) is 0.309. The number of anilines is 2. The van der Waals surface area contributed by atoms with Crippen LogP contribution in [-0.2, 0) is 4.74 Å². The Labute approximate surface area is 175 Å². The number of nitrogen functional groups attached to an aromatic ring is 1. The molecular weight excluding hydrogens is 388 g/mol. The lowest BCUT2D eigenvalue weighted by molar-refractivity contribution is -0.0501. The Hall–Kier alpha value is -2.45. The van der Waals surface area contributed by atoms with Gasteiger partial charge in [0.15, 0.2) is 23.2 Å². The van der Waals surface area contributed by atoms with Gasteiger partial charge in [-0.15, -0.1) is 0 Å². The molecule has 30 heavy (non-hydrogen) atoms. The minimum atomic E-state index is -1.28. The van der Waals surface area contributed by atoms with Gasteiger partial charge >= 0.3 is 0 Å². The van der Waals surface area contributed by atoms with E-state index in [9.17, 15) is 15.3 Å². The molecule has 6 N–H and O–H groups in total. The zero-order valence-electron chi connectivity index (χ0n) is 17.4. The van der Waals surface area contributed by atoms with Gasteiger partial charge in [-0.2, -0.15) is 0 Å². The maximum absolute atomic E-state index is 10.6. The molecule has 1 fully saturated rings. The Morgan fingerprint density at radius 3 is 2.57 bits per heavy atom. The second-order valence-corrected chi connectivity index (χ2v) is 7.32. The van der Waals surface area contributed by atoms with E-state index in [1.165, 1.54) is 0 Å². The highest BCUT2D eigenvalue weighted by molar-refractivity contribution is 5.84. The van der Waals surface area contributed by atoms with E-state index in [2.05, 4.69) is 46.0 Å². The molecule has 0 spiro atoms. The number of hydrogen-bond donors (Lipinski definition) is 5. The summed E-state index contributed by atoms with van der Waals surface area (Å²) in [4.78, 5) is 13.2. The minimum Gasteiger partial charge on any atom is -0.394 e. The number of imidazole rings is 1. The van der Waals surface area contributed by atoms with E-state index in [4.69, 9.17) is 10.5 Å². The van der Waals surface area contributed by atoms with Crippen LogP contribution in [0.1, 0.15) is 58.0 Å². The summed E-state index contributed by atoms with van der Waals surface area (Å²) in [5, 5.41) is 33.4. The average molecular weight is 418 g/mol. The summed E-state index contributed by atoms with van der Waals surface area (Å²) in [7, 11) is 0. The van der Waals surface area contributed by atoms with E-state index in [0.717, 1.165) is 32.1 Å². The van der Waals surface area contributed by atoms with Crippen LogP contribution >= 0.6 is 0 Å². The molecule has 10 nitrogen and oxygen atoms in total. The first kappa shape index (κ1) is 22.2. The molecule has 1 aliphatic rings. The molecule has 2 aromatic rings. The highest BCUT2D eigenvalue weighted by Gasteiger charge is 2.45. The molecule has 3 rings (SSSR count). The molecule has 3 heterocycles. The number of ether oxygens (including phenoxy) is 1. The Balaban J connectivity index is 2.06. The van der Waals surface area contributed by atoms with Crippen LogP contribution in [0.15, 0.2) is 0 Å². The number of aromatic nitrogens is 4. The zero-order chi connectivity index (χ0) is 21.7. The van der Waals surface area contributed by atoms with E-state index >= 15 is 0 Å². The standard InChI is InChI=1S/C20H30N6O4/c1-3-5-7-8-9-13-23-17(21)14-18(24-13)26(20(25-14)22-10-6-4-2)19-16(29)15(28)12(11-27)30-19/h12,15-16,19,27-29H,3-7,10-11H2,1-2H3,(H,22,25)(H2,21,23,24)/t12-,15?,16?,19-/m1/s1. The second kappa shape index (κ2) is 10.0. The number of hydrogen-bond acceptors (Lipinski definition) is 9. The van der Waals surface area contributed by atoms with Gasteiger partial charge in [0.05, 0.1) is 6.61 Å². The topological polar surface area (TPSA) is 152 Å². The van der Waals surface area contributed by atoms with Crippen LogP contribution in [0, 0.1) is 11.8 Å². The molecule has 4 atom stereocenters. The van der Waals surface area contributed by atoms with Gasteiger partial charge in [0.2, 0.25) is 11.8 Å². The lowest BCUT2D eigenvalue weighted by atomic mass is 10.1. The summed E-state index contributed by atoms with van der Waals surface area (Å²) in [5.74, 6) is 6.78. The van der Waals surface area contributed by atoms with Crippen LogP contribution in [-0.4, -0.2) is 66.3 Å². The summed E-state index contributed by atoms with van der Waals surface area (Å²) in [5.41, 5.74) is 6.82. The first-order chi connectivity index (χ1) is 14.5. The van der Waals surface area contributed by atoms with Crippen LogP contribution in [0.25, 0.3) is 11.2 Å². The molecule has 0 bridgehead atoms. The van der Waals surface area contributed by atoms with Crippen molar-refractivity contribution in [2.75, 3.05) is 24.2 Å². The highest BCUT2D eigenvalue weighted by atomic mass is 16.6. The third-order valence-corrected chi connectivity index (χ3v) is 5.01. The van der Waals surface area contributed by atoms with Crippen molar-refractivity contribution in [2.24, 2.45) is 0 Å². The lowest BCUT2D eigenvalue weighted by Crippen LogP contribution is -2.33. The predicted octanol–water partition coefficient (Wildman–Crippen LogP) is 0.774. The number of rotatable bonds is 8. The van der Waals surface area contributed by atoms with Gasteiger partial charge in [0.1, 0.15) is 18.3 Å². The smallest absolute Gasteiger partial charge is 0.208 e. The van der Waals surface area contributed by atoms with Crippen LogP contribution in [0.5, 0.6) is 0 Å². The maximum Gasteiger partial charge on any atom is 0.208 e. The van der Waals surface area contributed by atoms with E-state index in [1.54, 1.807) is 4.57 Å². The van der Waals surface area contributed by atoms with Gasteiger partial charge in [-0.1, -0.05) is 32.6 Å². The summed E-state index contributed by atoms with van der Waals surface area (Å²) >= 11 is 0. The largest absolute Gasteiger partial charge is 0.394 e. The van der Waals surface area contributed by atoms with E-state index < -0.39 is 31.1 Å². The number of aliphatic hydroxyl groups is 3. The van der Waals surface area contributed by atoms with Crippen molar-refractivity contribution in [1.82, 2.24) is 19.5 Å². The molecule has 0 amide bonds. The minimum absolute atomic E-state index is 0.170. The molecule has 0 saturated carbocycles. The Bertz CT molecular complexity index is 921. The molecular formula is C20H30N6O4. The summed E-state index contributed by atoms with van der Waals surface area (Å²) < 4.78 is 7.28. The molecule has 2 unspecified atom stereocenters. The molecule has 1 saturated heterocycles. The van der Waals surface area contributed by atoms with Gasteiger partial charge in [0, 0.05) is 13.0 Å². The summed E-state index contributed by atoms with van der Waals surface area (Å²) in [6, 6.07) is 0. The number of unbranched alkanes of at least 4 members (excludes halogenated alkanes) is 3. The first-order valence-electron chi connectivity index (χ1n) is 10.4. The van der Waals surface area contributed by atoms with Crippen molar-refractivity contribution >= 4 is 22.9 Å². The molecule has 0 aliphatic carbocycles. The van der Waals surface area contributed by atoms with Crippen LogP contribution < -0.4 is 11.1 Å². The van der Waals surface area contributed by atoms with Gasteiger partial charge < -0.3 is 31.1 Å². The number of fused-ring (bicyclic) bond motifs is 1. The lowest BCUT2D eigenvalue weighted by Gasteiger charge is -2.19. The number of nitrogens with one attached hydrogen (secondary N) is 1. The van der Waals surface area contributed by atoms with Crippen molar-refractivity contribution in [2.45, 2.75) is 70.5 Å². The first-order valence-corrected chi connectivity index (χ1v) is 10.4. The predicted molar refractivity (Wildman–Crippen MR) is 113 cm³/mol. The molecule has 2 aromatic heterocycles. The van der Waals surface area contributed by atoms with E-state index in [-0.39, 0.29) is 11.6 Å². The fraction of sp³-hybridized carbons (Fsp3) is 0.650. The molecule has 0 radical (unpaired) electrons. The average Bonchev–Trinajstić information content (AvgIpc) is 3.23. The summed E-state index contributed by atoms with van der Waals surface area (Å²) in [6.45, 7) is 4.38. The SMILES string of the molecule is CCCCC#Cc1nc(N)c2nc(NCCCC)n([C@@H]3O[C@H](CO)C(O)C3O)c2n1. The van der Waals surface area contributed by atoms with Gasteiger partial charge in [0.25, 0.3) is 0 Å². The fourth-order valence-electron chi connectivity index (χ4n) is 3.29. The fourth-order valence-corrected chi connectivity index (χ4v) is 3.29. The second-order valence-electron chi connectivity index (χ2n) is 7.32. The summed E-state index contributed by atoms with van der Waals surface area (Å²) in [6.07, 6.45) is 0.220. The van der Waals surface area contributed by atoms with Crippen LogP contribution in [0.2, 0.25) is 0 Å². The van der Waals surface area contributed by atoms with Gasteiger partial charge in [-0.05, 0) is 18.8 Å². The van der Waals surface area contributed by atoms with Crippen LogP contribution in [0.3, 0.4) is 0 Å². The van der Waals surface area contributed by atoms with Crippen molar-refractivity contribution in [3.8, 4) is 11.8 Å². The molecule has 164 valence electrons. The van der Waals surface area contributed by atoms with Crippen molar-refractivity contribution < 1.29 is 20.1 Å². The third-order valence-electron chi connectivity index (χ3n) is 5.01. The Kier molecular flexibility index (Phi) is 7.44. The third kappa shape index (κ3) is 4.49. The molecule has 0 aromatic carbocycles. The Morgan fingerprint density at radius 1 is 1.13 bits per heavy atom. The molecule has 10 heteroatoms. The van der Waals surface area contributed by atoms with Crippen molar-refractivity contribution in [3.05, 3.63) is 5.82 Å². The highest BCUT2D eigenvalue weighted by Crippen LogP contribution is 2.35. The normalized spacial score (nSPS) is 23.5. The van der Waals surface area contributed by atoms with Crippen molar-refractivity contribution in [3.63, 3.8) is 0 Å².